The monoisotopic (exact) mass is 430 g/mol. The predicted octanol–water partition coefficient (Wildman–Crippen LogP) is 3.18. The van der Waals surface area contributed by atoms with Crippen LogP contribution in [0.5, 0.6) is 0 Å². The number of thiazole rings is 1. The fourth-order valence-corrected chi connectivity index (χ4v) is 4.03. The molecule has 0 aliphatic rings. The number of nitrogens with one attached hydrogen (secondary N) is 2. The molecule has 0 fully saturated rings. The minimum Gasteiger partial charge on any atom is -0.377 e. The van der Waals surface area contributed by atoms with Gasteiger partial charge in [0.1, 0.15) is 5.01 Å². The van der Waals surface area contributed by atoms with Gasteiger partial charge in [0, 0.05) is 49.2 Å². The van der Waals surface area contributed by atoms with Gasteiger partial charge in [0.2, 0.25) is 10.0 Å². The van der Waals surface area contributed by atoms with Crippen LogP contribution in [0.4, 0.5) is 11.4 Å². The molecular formula is C20H22N4O3S2. The summed E-state index contributed by atoms with van der Waals surface area (Å²) in [5, 5.41) is 5.76. The van der Waals surface area contributed by atoms with E-state index in [1.807, 2.05) is 48.6 Å². The van der Waals surface area contributed by atoms with Gasteiger partial charge in [-0.25, -0.2) is 13.4 Å². The number of anilines is 2. The number of carbonyl (C=O) groups is 1. The summed E-state index contributed by atoms with van der Waals surface area (Å²) in [5.74, 6) is -0.287. The number of rotatable bonds is 7. The lowest BCUT2D eigenvalue weighted by molar-refractivity contribution is 0.0951. The van der Waals surface area contributed by atoms with Gasteiger partial charge in [-0.2, -0.15) is 0 Å². The third-order valence-electron chi connectivity index (χ3n) is 4.09. The average molecular weight is 431 g/mol. The van der Waals surface area contributed by atoms with Gasteiger partial charge in [-0.3, -0.25) is 9.52 Å². The minimum absolute atomic E-state index is 0.287. The van der Waals surface area contributed by atoms with E-state index in [0.717, 1.165) is 22.4 Å². The van der Waals surface area contributed by atoms with Crippen LogP contribution in [-0.2, 0) is 16.6 Å². The molecule has 2 N–H and O–H groups in total. The fraction of sp³-hybridized carbons (Fsp3) is 0.200. The van der Waals surface area contributed by atoms with Crippen LogP contribution in [0.3, 0.4) is 0 Å². The van der Waals surface area contributed by atoms with Crippen LogP contribution >= 0.6 is 11.3 Å². The largest absolute Gasteiger partial charge is 0.377 e. The van der Waals surface area contributed by atoms with Crippen LogP contribution in [0.2, 0.25) is 0 Å². The number of carbonyl (C=O) groups excluding carboxylic acids is 1. The second-order valence-corrected chi connectivity index (χ2v) is 9.36. The Morgan fingerprint density at radius 1 is 1.17 bits per heavy atom. The Balaban J connectivity index is 1.79. The molecule has 152 valence electrons. The van der Waals surface area contributed by atoms with E-state index in [1.165, 1.54) is 6.07 Å². The number of hydrogen-bond donors (Lipinski definition) is 2. The highest BCUT2D eigenvalue weighted by molar-refractivity contribution is 7.92. The van der Waals surface area contributed by atoms with Crippen LogP contribution in [-0.4, -0.2) is 39.7 Å². The number of benzene rings is 2. The summed E-state index contributed by atoms with van der Waals surface area (Å²) in [6, 6.07) is 12.7. The Bertz CT molecular complexity index is 1110. The number of aromatic nitrogens is 1. The van der Waals surface area contributed by atoms with Crippen molar-refractivity contribution < 1.29 is 13.2 Å². The van der Waals surface area contributed by atoms with E-state index < -0.39 is 10.0 Å². The lowest BCUT2D eigenvalue weighted by Crippen LogP contribution is -2.25. The first-order valence-electron chi connectivity index (χ1n) is 8.79. The van der Waals surface area contributed by atoms with Gasteiger partial charge >= 0.3 is 0 Å². The summed E-state index contributed by atoms with van der Waals surface area (Å²) in [5.41, 5.74) is 3.37. The van der Waals surface area contributed by atoms with E-state index in [-0.39, 0.29) is 5.91 Å². The van der Waals surface area contributed by atoms with E-state index >= 15 is 0 Å². The van der Waals surface area contributed by atoms with Crippen LogP contribution in [0.15, 0.2) is 54.0 Å². The SMILES string of the molecule is CN(C)c1ccc(NS(C)(=O)=O)cc1C(=O)NCc1cccc(-c2nccs2)c1. The molecule has 0 atom stereocenters. The van der Waals surface area contributed by atoms with Gasteiger partial charge in [-0.1, -0.05) is 18.2 Å². The second kappa shape index (κ2) is 8.62. The molecule has 29 heavy (non-hydrogen) atoms. The molecule has 1 amide bonds. The first kappa shape index (κ1) is 20.8. The van der Waals surface area contributed by atoms with E-state index in [4.69, 9.17) is 0 Å². The van der Waals surface area contributed by atoms with Crippen LogP contribution in [0, 0.1) is 0 Å². The normalized spacial score (nSPS) is 11.1. The van der Waals surface area contributed by atoms with Gasteiger partial charge < -0.3 is 10.2 Å². The highest BCUT2D eigenvalue weighted by atomic mass is 32.2. The Kier molecular flexibility index (Phi) is 6.19. The minimum atomic E-state index is -3.43. The summed E-state index contributed by atoms with van der Waals surface area (Å²) in [6.07, 6.45) is 2.83. The van der Waals surface area contributed by atoms with Crippen molar-refractivity contribution >= 4 is 38.6 Å². The Morgan fingerprint density at radius 2 is 1.97 bits per heavy atom. The van der Waals surface area contributed by atoms with Crippen molar-refractivity contribution in [1.29, 1.82) is 0 Å². The Hall–Kier alpha value is -2.91. The predicted molar refractivity (Wildman–Crippen MR) is 118 cm³/mol. The molecule has 0 spiro atoms. The molecule has 1 aromatic heterocycles. The molecule has 0 radical (unpaired) electrons. The lowest BCUT2D eigenvalue weighted by Gasteiger charge is -2.18. The standard InChI is InChI=1S/C20H22N4O3S2/c1-24(2)18-8-7-16(23-29(3,26)27)12-17(18)19(25)22-13-14-5-4-6-15(11-14)20-21-9-10-28-20/h4-12,23H,13H2,1-3H3,(H,22,25). The van der Waals surface area contributed by atoms with Crippen molar-refractivity contribution in [1.82, 2.24) is 10.3 Å². The molecule has 2 aromatic carbocycles. The van der Waals surface area contributed by atoms with Crippen LogP contribution < -0.4 is 14.9 Å². The topological polar surface area (TPSA) is 91.4 Å². The summed E-state index contributed by atoms with van der Waals surface area (Å²) in [6.45, 7) is 0.342. The third kappa shape index (κ3) is 5.55. The number of amides is 1. The Morgan fingerprint density at radius 3 is 2.62 bits per heavy atom. The molecule has 0 aliphatic carbocycles. The number of nitrogens with zero attached hydrogens (tertiary/aromatic N) is 2. The maximum Gasteiger partial charge on any atom is 0.253 e. The quantitative estimate of drug-likeness (QED) is 0.601. The maximum atomic E-state index is 12.8. The molecule has 7 nitrogen and oxygen atoms in total. The number of sulfonamides is 1. The van der Waals surface area contributed by atoms with Crippen molar-refractivity contribution in [3.8, 4) is 10.6 Å². The van der Waals surface area contributed by atoms with Gasteiger partial charge in [0.15, 0.2) is 0 Å². The third-order valence-corrected chi connectivity index (χ3v) is 5.51. The Labute approximate surface area is 174 Å². The highest BCUT2D eigenvalue weighted by Gasteiger charge is 2.15. The van der Waals surface area contributed by atoms with Crippen molar-refractivity contribution in [2.45, 2.75) is 6.54 Å². The summed E-state index contributed by atoms with van der Waals surface area (Å²) < 4.78 is 25.4. The van der Waals surface area contributed by atoms with Crippen molar-refractivity contribution in [3.05, 3.63) is 65.2 Å². The molecule has 0 aliphatic heterocycles. The maximum absolute atomic E-state index is 12.8. The lowest BCUT2D eigenvalue weighted by atomic mass is 10.1. The molecule has 9 heteroatoms. The fourth-order valence-electron chi connectivity index (χ4n) is 2.84. The summed E-state index contributed by atoms with van der Waals surface area (Å²) in [7, 11) is 0.219. The molecule has 0 bridgehead atoms. The first-order chi connectivity index (χ1) is 13.7. The van der Waals surface area contributed by atoms with E-state index in [1.54, 1.807) is 29.7 Å². The van der Waals surface area contributed by atoms with Gasteiger partial charge in [-0.05, 0) is 29.8 Å². The molecule has 3 aromatic rings. The van der Waals surface area contributed by atoms with Gasteiger partial charge in [0.05, 0.1) is 11.8 Å². The molecular weight excluding hydrogens is 408 g/mol. The second-order valence-electron chi connectivity index (χ2n) is 6.72. The van der Waals surface area contributed by atoms with Gasteiger partial charge in [0.25, 0.3) is 5.91 Å². The zero-order valence-corrected chi connectivity index (χ0v) is 18.0. The zero-order chi connectivity index (χ0) is 21.0. The van der Waals surface area contributed by atoms with E-state index in [9.17, 15) is 13.2 Å². The summed E-state index contributed by atoms with van der Waals surface area (Å²) >= 11 is 1.56. The highest BCUT2D eigenvalue weighted by Crippen LogP contribution is 2.25. The number of hydrogen-bond acceptors (Lipinski definition) is 6. The van der Waals surface area contributed by atoms with Gasteiger partial charge in [-0.15, -0.1) is 11.3 Å². The van der Waals surface area contributed by atoms with Crippen molar-refractivity contribution in [3.63, 3.8) is 0 Å². The van der Waals surface area contributed by atoms with Crippen molar-refractivity contribution in [2.24, 2.45) is 0 Å². The first-order valence-corrected chi connectivity index (χ1v) is 11.6. The van der Waals surface area contributed by atoms with E-state index in [0.29, 0.717) is 23.5 Å². The van der Waals surface area contributed by atoms with Crippen LogP contribution in [0.25, 0.3) is 10.6 Å². The van der Waals surface area contributed by atoms with Crippen molar-refractivity contribution in [2.75, 3.05) is 30.0 Å². The van der Waals surface area contributed by atoms with E-state index in [2.05, 4.69) is 15.0 Å². The average Bonchev–Trinajstić information content (AvgIpc) is 3.19. The molecule has 3 rings (SSSR count). The molecule has 0 saturated carbocycles. The van der Waals surface area contributed by atoms with Crippen LogP contribution in [0.1, 0.15) is 15.9 Å². The summed E-state index contributed by atoms with van der Waals surface area (Å²) in [4.78, 5) is 19.0. The smallest absolute Gasteiger partial charge is 0.253 e. The zero-order valence-electron chi connectivity index (χ0n) is 16.3. The molecule has 0 unspecified atom stereocenters. The molecule has 0 saturated heterocycles. The molecule has 1 heterocycles.